The van der Waals surface area contributed by atoms with E-state index >= 15 is 0 Å². The van der Waals surface area contributed by atoms with E-state index in [1.54, 1.807) is 0 Å². The molecule has 1 aliphatic heterocycles. The summed E-state index contributed by atoms with van der Waals surface area (Å²) in [5.74, 6) is 0. The molecule has 0 aliphatic carbocycles. The second kappa shape index (κ2) is 11.5. The van der Waals surface area contributed by atoms with Gasteiger partial charge in [0.25, 0.3) is 0 Å². The first-order valence-corrected chi connectivity index (χ1v) is 9.16. The molecule has 1 fully saturated rings. The zero-order valence-electron chi connectivity index (χ0n) is 13.7. The number of nitrogens with one attached hydrogen (secondary N) is 1. The third-order valence-corrected chi connectivity index (χ3v) is 4.71. The van der Waals surface area contributed by atoms with Gasteiger partial charge in [0.2, 0.25) is 0 Å². The Balaban J connectivity index is 1.88. The Labute approximate surface area is 126 Å². The van der Waals surface area contributed by atoms with Gasteiger partial charge in [-0.15, -0.1) is 0 Å². The molecule has 1 heterocycles. The van der Waals surface area contributed by atoms with E-state index in [0.717, 1.165) is 45.2 Å². The minimum absolute atomic E-state index is 0.727. The summed E-state index contributed by atoms with van der Waals surface area (Å²) in [6.07, 6.45) is 16.6. The van der Waals surface area contributed by atoms with Crippen LogP contribution < -0.4 is 5.32 Å². The first kappa shape index (κ1) is 17.9. The predicted molar refractivity (Wildman–Crippen MR) is 87.0 cm³/mol. The zero-order valence-corrected chi connectivity index (χ0v) is 13.7. The largest absolute Gasteiger partial charge is 0.317 e. The van der Waals surface area contributed by atoms with Crippen LogP contribution in [0.4, 0.5) is 4.39 Å². The van der Waals surface area contributed by atoms with Crippen molar-refractivity contribution in [3.8, 4) is 0 Å². The van der Waals surface area contributed by atoms with Crippen LogP contribution in [0.2, 0.25) is 0 Å². The van der Waals surface area contributed by atoms with E-state index in [1.165, 1.54) is 57.8 Å². The molecule has 1 unspecified atom stereocenters. The molecule has 0 radical (unpaired) electrons. The van der Waals surface area contributed by atoms with Crippen LogP contribution >= 0.6 is 0 Å². The van der Waals surface area contributed by atoms with Crippen LogP contribution in [-0.2, 0) is 0 Å². The smallest absolute Gasteiger partial charge is 0.112 e. The van der Waals surface area contributed by atoms with E-state index in [1.807, 2.05) is 0 Å². The second-order valence-corrected chi connectivity index (χ2v) is 6.69. The zero-order chi connectivity index (χ0) is 14.5. The number of hydrogen-bond donors (Lipinski definition) is 1. The summed E-state index contributed by atoms with van der Waals surface area (Å²) in [5, 5.41) is 3.30. The highest BCUT2D eigenvalue weighted by Gasteiger charge is 2.29. The molecule has 0 aromatic rings. The average molecular weight is 285 g/mol. The van der Waals surface area contributed by atoms with Crippen LogP contribution in [0.15, 0.2) is 0 Å². The molecule has 1 N–H and O–H groups in total. The SMILES string of the molecule is CCCCCCCCCCCCC1(F)CCCNCC1. The Bertz CT molecular complexity index is 209. The van der Waals surface area contributed by atoms with Crippen molar-refractivity contribution in [1.82, 2.24) is 5.32 Å². The summed E-state index contributed by atoms with van der Waals surface area (Å²) >= 11 is 0. The Morgan fingerprint density at radius 2 is 1.40 bits per heavy atom. The first-order valence-electron chi connectivity index (χ1n) is 9.16. The maximum absolute atomic E-state index is 14.5. The molecular weight excluding hydrogens is 249 g/mol. The van der Waals surface area contributed by atoms with Crippen molar-refractivity contribution in [1.29, 1.82) is 0 Å². The molecule has 120 valence electrons. The lowest BCUT2D eigenvalue weighted by Crippen LogP contribution is -2.24. The summed E-state index contributed by atoms with van der Waals surface area (Å²) in [4.78, 5) is 0. The van der Waals surface area contributed by atoms with Gasteiger partial charge >= 0.3 is 0 Å². The second-order valence-electron chi connectivity index (χ2n) is 6.69. The highest BCUT2D eigenvalue weighted by atomic mass is 19.1. The topological polar surface area (TPSA) is 12.0 Å². The van der Waals surface area contributed by atoms with E-state index in [4.69, 9.17) is 0 Å². The van der Waals surface area contributed by atoms with Crippen molar-refractivity contribution < 1.29 is 4.39 Å². The Kier molecular flexibility index (Phi) is 10.4. The van der Waals surface area contributed by atoms with Gasteiger partial charge in [0.1, 0.15) is 5.67 Å². The maximum Gasteiger partial charge on any atom is 0.112 e. The summed E-state index contributed by atoms with van der Waals surface area (Å²) in [7, 11) is 0. The Morgan fingerprint density at radius 1 is 0.800 bits per heavy atom. The third kappa shape index (κ3) is 8.94. The van der Waals surface area contributed by atoms with E-state index in [-0.39, 0.29) is 0 Å². The van der Waals surface area contributed by atoms with Gasteiger partial charge in [0, 0.05) is 0 Å². The standard InChI is InChI=1S/C18H36FN/c1-2-3-4-5-6-7-8-9-10-11-13-18(19)14-12-16-20-17-15-18/h20H,2-17H2,1H3. The number of halogens is 1. The molecule has 1 rings (SSSR count). The van der Waals surface area contributed by atoms with Crippen LogP contribution in [0.25, 0.3) is 0 Å². The molecule has 1 saturated heterocycles. The van der Waals surface area contributed by atoms with Crippen molar-refractivity contribution >= 4 is 0 Å². The molecule has 1 atom stereocenters. The number of rotatable bonds is 11. The molecular formula is C18H36FN. The third-order valence-electron chi connectivity index (χ3n) is 4.71. The van der Waals surface area contributed by atoms with Crippen molar-refractivity contribution in [3.63, 3.8) is 0 Å². The van der Waals surface area contributed by atoms with Crippen LogP contribution in [0.1, 0.15) is 96.8 Å². The normalized spacial score (nSPS) is 23.7. The van der Waals surface area contributed by atoms with Crippen molar-refractivity contribution in [2.75, 3.05) is 13.1 Å². The summed E-state index contributed by atoms with van der Waals surface area (Å²) < 4.78 is 14.5. The van der Waals surface area contributed by atoms with Gasteiger partial charge in [-0.2, -0.15) is 0 Å². The lowest BCUT2D eigenvalue weighted by molar-refractivity contribution is 0.127. The molecule has 0 aromatic carbocycles. The van der Waals surface area contributed by atoms with Crippen LogP contribution in [-0.4, -0.2) is 18.8 Å². The van der Waals surface area contributed by atoms with Gasteiger partial charge in [0.15, 0.2) is 0 Å². The van der Waals surface area contributed by atoms with E-state index < -0.39 is 5.67 Å². The minimum Gasteiger partial charge on any atom is -0.317 e. The summed E-state index contributed by atoms with van der Waals surface area (Å²) in [6, 6.07) is 0. The molecule has 1 nitrogen and oxygen atoms in total. The van der Waals surface area contributed by atoms with E-state index in [2.05, 4.69) is 12.2 Å². The van der Waals surface area contributed by atoms with Gasteiger partial charge < -0.3 is 5.32 Å². The maximum atomic E-state index is 14.5. The lowest BCUT2D eigenvalue weighted by atomic mass is 9.90. The van der Waals surface area contributed by atoms with Crippen molar-refractivity contribution in [2.45, 2.75) is 102 Å². The molecule has 1 aliphatic rings. The molecule has 20 heavy (non-hydrogen) atoms. The van der Waals surface area contributed by atoms with Gasteiger partial charge in [-0.3, -0.25) is 0 Å². The lowest BCUT2D eigenvalue weighted by Gasteiger charge is -2.23. The molecule has 0 aromatic heterocycles. The highest BCUT2D eigenvalue weighted by molar-refractivity contribution is 4.82. The fraction of sp³-hybridized carbons (Fsp3) is 1.00. The molecule has 0 amide bonds. The van der Waals surface area contributed by atoms with Crippen LogP contribution in [0, 0.1) is 0 Å². The van der Waals surface area contributed by atoms with E-state index in [9.17, 15) is 4.39 Å². The summed E-state index contributed by atoms with van der Waals surface area (Å²) in [6.45, 7) is 4.14. The molecule has 0 bridgehead atoms. The van der Waals surface area contributed by atoms with Gasteiger partial charge in [-0.05, 0) is 38.8 Å². The summed E-state index contributed by atoms with van der Waals surface area (Å²) in [5.41, 5.74) is -0.857. The number of unbranched alkanes of at least 4 members (excludes halogenated alkanes) is 9. The molecule has 0 spiro atoms. The van der Waals surface area contributed by atoms with Crippen LogP contribution in [0.5, 0.6) is 0 Å². The number of alkyl halides is 1. The van der Waals surface area contributed by atoms with Gasteiger partial charge in [-0.1, -0.05) is 71.1 Å². The van der Waals surface area contributed by atoms with Gasteiger partial charge in [0.05, 0.1) is 0 Å². The predicted octanol–water partition coefficient (Wildman–Crippen LogP) is 5.78. The first-order chi connectivity index (χ1) is 9.77. The fourth-order valence-electron chi connectivity index (χ4n) is 3.27. The monoisotopic (exact) mass is 285 g/mol. The van der Waals surface area contributed by atoms with Gasteiger partial charge in [-0.25, -0.2) is 4.39 Å². The average Bonchev–Trinajstić information content (AvgIpc) is 2.66. The highest BCUT2D eigenvalue weighted by Crippen LogP contribution is 2.30. The van der Waals surface area contributed by atoms with Crippen molar-refractivity contribution in [3.05, 3.63) is 0 Å². The Morgan fingerprint density at radius 3 is 2.05 bits per heavy atom. The molecule has 0 saturated carbocycles. The Hall–Kier alpha value is -0.110. The number of hydrogen-bond acceptors (Lipinski definition) is 1. The molecule has 2 heteroatoms. The quantitative estimate of drug-likeness (QED) is 0.474. The van der Waals surface area contributed by atoms with Crippen molar-refractivity contribution in [2.24, 2.45) is 0 Å². The fourth-order valence-corrected chi connectivity index (χ4v) is 3.27. The van der Waals surface area contributed by atoms with Crippen LogP contribution in [0.3, 0.4) is 0 Å². The van der Waals surface area contributed by atoms with E-state index in [0.29, 0.717) is 0 Å². The minimum atomic E-state index is -0.857.